The maximum absolute atomic E-state index is 4.33. The molecule has 0 fully saturated rings. The summed E-state index contributed by atoms with van der Waals surface area (Å²) < 4.78 is 0. The lowest BCUT2D eigenvalue weighted by molar-refractivity contribution is 0.208. The van der Waals surface area contributed by atoms with Gasteiger partial charge in [0.15, 0.2) is 0 Å². The maximum atomic E-state index is 4.33. The van der Waals surface area contributed by atoms with E-state index < -0.39 is 0 Å². The fourth-order valence-electron chi connectivity index (χ4n) is 1.90. The summed E-state index contributed by atoms with van der Waals surface area (Å²) in [5.41, 5.74) is 0.474. The molecule has 18 heavy (non-hydrogen) atoms. The fourth-order valence-corrected chi connectivity index (χ4v) is 2.09. The first-order valence-electron chi connectivity index (χ1n) is 7.46. The van der Waals surface area contributed by atoms with E-state index in [0.29, 0.717) is 11.3 Å². The Labute approximate surface area is 120 Å². The van der Waals surface area contributed by atoms with E-state index in [1.165, 1.54) is 19.3 Å². The van der Waals surface area contributed by atoms with Gasteiger partial charge in [-0.05, 0) is 28.6 Å². The van der Waals surface area contributed by atoms with Gasteiger partial charge >= 0.3 is 0 Å². The highest BCUT2D eigenvalue weighted by atomic mass is 32.1. The highest BCUT2D eigenvalue weighted by molar-refractivity contribution is 7.84. The van der Waals surface area contributed by atoms with E-state index in [4.69, 9.17) is 0 Å². The van der Waals surface area contributed by atoms with E-state index in [9.17, 15) is 0 Å². The molecule has 0 spiro atoms. The van der Waals surface area contributed by atoms with Crippen molar-refractivity contribution in [2.45, 2.75) is 67.2 Å². The molecule has 0 N–H and O–H groups in total. The predicted octanol–water partition coefficient (Wildman–Crippen LogP) is 6.25. The van der Waals surface area contributed by atoms with Gasteiger partial charge in [0.1, 0.15) is 0 Å². The minimum Gasteiger partial charge on any atom is -0.144 e. The average Bonchev–Trinajstić information content (AvgIpc) is 2.39. The van der Waals surface area contributed by atoms with Crippen molar-refractivity contribution in [2.24, 2.45) is 17.3 Å². The predicted molar refractivity (Wildman–Crippen MR) is 88.1 cm³/mol. The van der Waals surface area contributed by atoms with Gasteiger partial charge in [0.25, 0.3) is 0 Å². The van der Waals surface area contributed by atoms with Gasteiger partial charge in [-0.25, -0.2) is 0 Å². The number of hydrogen-bond donors (Lipinski definition) is 1. The molecule has 1 unspecified atom stereocenters. The summed E-state index contributed by atoms with van der Waals surface area (Å²) in [5.74, 6) is 1.59. The highest BCUT2D eigenvalue weighted by Crippen LogP contribution is 2.39. The van der Waals surface area contributed by atoms with Gasteiger partial charge in [-0.1, -0.05) is 79.0 Å². The van der Waals surface area contributed by atoms with E-state index in [1.807, 2.05) is 0 Å². The second kappa shape index (κ2) is 8.85. The summed E-state index contributed by atoms with van der Waals surface area (Å²) >= 11 is 4.33. The summed E-state index contributed by atoms with van der Waals surface area (Å²) in [7, 11) is 0. The maximum Gasteiger partial charge on any atom is -0.000284 e. The second-order valence-corrected chi connectivity index (χ2v) is 6.51. The summed E-state index contributed by atoms with van der Waals surface area (Å²) in [6.07, 6.45) is 11.7. The number of hydrogen-bond acceptors (Lipinski definition) is 1. The van der Waals surface area contributed by atoms with Crippen LogP contribution in [-0.4, -0.2) is 0 Å². The molecule has 1 rings (SSSR count). The van der Waals surface area contributed by atoms with Crippen LogP contribution >= 0.6 is 12.6 Å². The molecule has 0 saturated carbocycles. The molecule has 0 bridgehead atoms. The zero-order chi connectivity index (χ0) is 14.2. The van der Waals surface area contributed by atoms with E-state index >= 15 is 0 Å². The van der Waals surface area contributed by atoms with E-state index in [2.05, 4.69) is 72.4 Å². The first-order chi connectivity index (χ1) is 8.39. The first-order valence-corrected chi connectivity index (χ1v) is 7.91. The Morgan fingerprint density at radius 1 is 1.28 bits per heavy atom. The summed E-state index contributed by atoms with van der Waals surface area (Å²) in [6.45, 7) is 13.6. The lowest BCUT2D eigenvalue weighted by Crippen LogP contribution is -2.25. The number of allylic oxidation sites excluding steroid dienone is 3. The SMILES string of the molecule is CCC(C)(CC)C1C=CC(S)=CC1.CCC(C)C. The molecule has 0 aromatic carbocycles. The third-order valence-corrected chi connectivity index (χ3v) is 4.74. The molecular formula is C17H32S. The van der Waals surface area contributed by atoms with Crippen LogP contribution < -0.4 is 0 Å². The third kappa shape index (κ3) is 6.13. The highest BCUT2D eigenvalue weighted by Gasteiger charge is 2.28. The number of rotatable bonds is 4. The zero-order valence-corrected chi connectivity index (χ0v) is 14.1. The van der Waals surface area contributed by atoms with Crippen molar-refractivity contribution in [1.29, 1.82) is 0 Å². The van der Waals surface area contributed by atoms with Crippen molar-refractivity contribution in [3.05, 3.63) is 23.1 Å². The van der Waals surface area contributed by atoms with E-state index in [0.717, 1.165) is 17.2 Å². The molecule has 106 valence electrons. The molecule has 0 amide bonds. The van der Waals surface area contributed by atoms with Crippen LogP contribution in [0.2, 0.25) is 0 Å². The average molecular weight is 269 g/mol. The van der Waals surface area contributed by atoms with Crippen LogP contribution in [0.3, 0.4) is 0 Å². The molecule has 0 nitrogen and oxygen atoms in total. The van der Waals surface area contributed by atoms with Gasteiger partial charge in [0.05, 0.1) is 0 Å². The van der Waals surface area contributed by atoms with Crippen LogP contribution in [-0.2, 0) is 0 Å². The standard InChI is InChI=1S/C12H20S.C5H12/c1-4-12(3,5-2)10-6-8-11(13)9-7-10;1-4-5(2)3/h6,8-10,13H,4-5,7H2,1-3H3;5H,4H2,1-3H3. The third-order valence-electron chi connectivity index (χ3n) is 4.41. The molecule has 1 heteroatoms. The molecule has 0 aromatic rings. The Hall–Kier alpha value is -0.170. The van der Waals surface area contributed by atoms with Crippen LogP contribution in [0.5, 0.6) is 0 Å². The number of thiol groups is 1. The van der Waals surface area contributed by atoms with Crippen molar-refractivity contribution in [3.8, 4) is 0 Å². The topological polar surface area (TPSA) is 0 Å². The summed E-state index contributed by atoms with van der Waals surface area (Å²) in [5, 5.41) is 0. The lowest BCUT2D eigenvalue weighted by atomic mass is 9.70. The van der Waals surface area contributed by atoms with Crippen LogP contribution in [0.1, 0.15) is 67.2 Å². The summed E-state index contributed by atoms with van der Waals surface area (Å²) in [4.78, 5) is 1.12. The van der Waals surface area contributed by atoms with E-state index in [-0.39, 0.29) is 0 Å². The van der Waals surface area contributed by atoms with Crippen LogP contribution in [0.25, 0.3) is 0 Å². The Bertz CT molecular complexity index is 269. The molecule has 1 atom stereocenters. The molecule has 0 heterocycles. The van der Waals surface area contributed by atoms with Crippen molar-refractivity contribution in [2.75, 3.05) is 0 Å². The van der Waals surface area contributed by atoms with Crippen molar-refractivity contribution in [1.82, 2.24) is 0 Å². The molecule has 1 aliphatic carbocycles. The van der Waals surface area contributed by atoms with E-state index in [1.54, 1.807) is 0 Å². The molecule has 0 saturated heterocycles. The van der Waals surface area contributed by atoms with Crippen LogP contribution in [0, 0.1) is 17.3 Å². The largest absolute Gasteiger partial charge is 0.144 e. The van der Waals surface area contributed by atoms with Crippen molar-refractivity contribution < 1.29 is 0 Å². The Morgan fingerprint density at radius 2 is 1.78 bits per heavy atom. The quantitative estimate of drug-likeness (QED) is 0.572. The molecule has 0 aliphatic heterocycles. The normalized spacial score (nSPS) is 19.3. The second-order valence-electron chi connectivity index (χ2n) is 5.99. The van der Waals surface area contributed by atoms with Gasteiger partial charge in [0.2, 0.25) is 0 Å². The van der Waals surface area contributed by atoms with Gasteiger partial charge in [-0.2, -0.15) is 0 Å². The van der Waals surface area contributed by atoms with Gasteiger partial charge in [-0.3, -0.25) is 0 Å². The van der Waals surface area contributed by atoms with Gasteiger partial charge < -0.3 is 0 Å². The molecule has 0 radical (unpaired) electrons. The Balaban J connectivity index is 0.000000494. The molecule has 0 aromatic heterocycles. The zero-order valence-electron chi connectivity index (χ0n) is 13.2. The monoisotopic (exact) mass is 268 g/mol. The smallest absolute Gasteiger partial charge is 0.000284 e. The lowest BCUT2D eigenvalue weighted by Gasteiger charge is -2.35. The van der Waals surface area contributed by atoms with Crippen molar-refractivity contribution >= 4 is 12.6 Å². The fraction of sp³-hybridized carbons (Fsp3) is 0.765. The minimum atomic E-state index is 0.474. The van der Waals surface area contributed by atoms with Crippen molar-refractivity contribution in [3.63, 3.8) is 0 Å². The van der Waals surface area contributed by atoms with Crippen LogP contribution in [0.4, 0.5) is 0 Å². The van der Waals surface area contributed by atoms with Gasteiger partial charge in [-0.15, -0.1) is 12.6 Å². The Kier molecular flexibility index (Phi) is 8.77. The van der Waals surface area contributed by atoms with Crippen LogP contribution in [0.15, 0.2) is 23.1 Å². The molecular weight excluding hydrogens is 236 g/mol. The summed E-state index contributed by atoms with van der Waals surface area (Å²) in [6, 6.07) is 0. The van der Waals surface area contributed by atoms with Gasteiger partial charge in [0, 0.05) is 0 Å². The molecule has 1 aliphatic rings. The Morgan fingerprint density at radius 3 is 2.06 bits per heavy atom. The minimum absolute atomic E-state index is 0.474. The first kappa shape index (κ1) is 17.8.